The molecule has 2 aromatic rings. The van der Waals surface area contributed by atoms with Gasteiger partial charge in [0.15, 0.2) is 11.5 Å². The molecule has 0 aromatic heterocycles. The van der Waals surface area contributed by atoms with Crippen molar-refractivity contribution in [3.05, 3.63) is 59.7 Å². The fourth-order valence-corrected chi connectivity index (χ4v) is 3.96. The van der Waals surface area contributed by atoms with Gasteiger partial charge >= 0.3 is 0 Å². The molecule has 0 spiro atoms. The second-order valence-electron chi connectivity index (χ2n) is 6.37. The summed E-state index contributed by atoms with van der Waals surface area (Å²) in [6, 6.07) is 16.6. The summed E-state index contributed by atoms with van der Waals surface area (Å²) in [5.41, 5.74) is 2.38. The van der Waals surface area contributed by atoms with E-state index in [0.29, 0.717) is 18.6 Å². The topological polar surface area (TPSA) is 36.9 Å². The molecule has 0 saturated carbocycles. The Bertz CT molecular complexity index is 715. The molecular weight excluding hydrogens is 292 g/mol. The summed E-state index contributed by atoms with van der Waals surface area (Å²) in [7, 11) is 0. The molecule has 0 radical (unpaired) electrons. The van der Waals surface area contributed by atoms with Gasteiger partial charge in [-0.05, 0) is 23.3 Å². The minimum absolute atomic E-state index is 0.0437. The highest BCUT2D eigenvalue weighted by molar-refractivity contribution is 5.45. The lowest BCUT2D eigenvalue weighted by Gasteiger charge is -2.18. The van der Waals surface area contributed by atoms with Crippen LogP contribution in [0.15, 0.2) is 48.5 Å². The van der Waals surface area contributed by atoms with Crippen LogP contribution in [-0.2, 0) is 9.47 Å². The van der Waals surface area contributed by atoms with Crippen LogP contribution in [-0.4, -0.2) is 20.0 Å². The molecule has 0 unspecified atom stereocenters. The predicted molar refractivity (Wildman–Crippen MR) is 83.4 cm³/mol. The van der Waals surface area contributed by atoms with Gasteiger partial charge in [-0.25, -0.2) is 0 Å². The molecular formula is C19H18O4. The van der Waals surface area contributed by atoms with Crippen LogP contribution in [0.3, 0.4) is 0 Å². The van der Waals surface area contributed by atoms with Crippen molar-refractivity contribution in [3.63, 3.8) is 0 Å². The first kappa shape index (κ1) is 13.4. The summed E-state index contributed by atoms with van der Waals surface area (Å²) in [4.78, 5) is 0. The number of fused-ring (bicyclic) bond motifs is 2. The summed E-state index contributed by atoms with van der Waals surface area (Å²) in [6.07, 6.45) is 0.140. The van der Waals surface area contributed by atoms with Crippen LogP contribution in [0.2, 0.25) is 0 Å². The normalized spacial score (nSPS) is 31.3. The molecule has 4 nitrogen and oxygen atoms in total. The van der Waals surface area contributed by atoms with Gasteiger partial charge in [0.05, 0.1) is 25.4 Å². The fraction of sp³-hybridized carbons (Fsp3) is 0.368. The molecule has 0 bridgehead atoms. The molecule has 3 aliphatic heterocycles. The van der Waals surface area contributed by atoms with E-state index in [2.05, 4.69) is 36.4 Å². The Hall–Kier alpha value is -2.04. The second-order valence-corrected chi connectivity index (χ2v) is 6.37. The highest BCUT2D eigenvalue weighted by Crippen LogP contribution is 2.52. The van der Waals surface area contributed by atoms with Gasteiger partial charge in [0, 0.05) is 11.8 Å². The molecule has 2 aromatic carbocycles. The highest BCUT2D eigenvalue weighted by atomic mass is 16.7. The lowest BCUT2D eigenvalue weighted by molar-refractivity contribution is -0.00315. The third-order valence-corrected chi connectivity index (χ3v) is 5.09. The lowest BCUT2D eigenvalue weighted by Crippen LogP contribution is -2.14. The minimum atomic E-state index is 0.0437. The van der Waals surface area contributed by atoms with Crippen molar-refractivity contribution in [3.8, 4) is 11.5 Å². The quantitative estimate of drug-likeness (QED) is 0.851. The number of ether oxygens (including phenoxy) is 4. The maximum Gasteiger partial charge on any atom is 0.231 e. The molecule has 4 atom stereocenters. The van der Waals surface area contributed by atoms with E-state index in [1.165, 1.54) is 5.56 Å². The van der Waals surface area contributed by atoms with Gasteiger partial charge in [-0.1, -0.05) is 36.4 Å². The molecule has 0 amide bonds. The molecule has 23 heavy (non-hydrogen) atoms. The summed E-state index contributed by atoms with van der Waals surface area (Å²) in [5, 5.41) is 0. The van der Waals surface area contributed by atoms with Gasteiger partial charge in [-0.3, -0.25) is 0 Å². The smallest absolute Gasteiger partial charge is 0.231 e. The average molecular weight is 310 g/mol. The van der Waals surface area contributed by atoms with Crippen molar-refractivity contribution >= 4 is 0 Å². The van der Waals surface area contributed by atoms with E-state index in [4.69, 9.17) is 18.9 Å². The number of hydrogen-bond donors (Lipinski definition) is 0. The van der Waals surface area contributed by atoms with Gasteiger partial charge in [0.1, 0.15) is 0 Å². The third-order valence-electron chi connectivity index (χ3n) is 5.09. The van der Waals surface area contributed by atoms with Crippen LogP contribution in [0, 0.1) is 11.8 Å². The second kappa shape index (κ2) is 5.25. The minimum Gasteiger partial charge on any atom is -0.454 e. The van der Waals surface area contributed by atoms with Crippen LogP contribution < -0.4 is 9.47 Å². The van der Waals surface area contributed by atoms with Crippen molar-refractivity contribution in [2.45, 2.75) is 12.2 Å². The Balaban J connectivity index is 1.49. The summed E-state index contributed by atoms with van der Waals surface area (Å²) in [5.74, 6) is 2.42. The van der Waals surface area contributed by atoms with Gasteiger partial charge in [0.2, 0.25) is 6.79 Å². The Morgan fingerprint density at radius 3 is 2.30 bits per heavy atom. The molecule has 118 valence electrons. The standard InChI is InChI=1S/C19H18O4/c1-2-4-12(5-3-1)18-14-9-20-10-15(14)19(23-18)13-6-7-16-17(8-13)22-11-21-16/h1-8,14-15,18-19H,9-11H2/t14-,15+,18-,19+/m1/s1. The SMILES string of the molecule is c1ccc([C@H]2O[C@@H](c3ccc4c(c3)OCO4)[C@H]3COC[C@H]32)cc1. The maximum absolute atomic E-state index is 6.48. The van der Waals surface area contributed by atoms with Crippen molar-refractivity contribution in [2.24, 2.45) is 11.8 Å². The monoisotopic (exact) mass is 310 g/mol. The van der Waals surface area contributed by atoms with E-state index in [1.807, 2.05) is 12.1 Å². The van der Waals surface area contributed by atoms with Crippen molar-refractivity contribution in [1.82, 2.24) is 0 Å². The van der Waals surface area contributed by atoms with Gasteiger partial charge in [-0.2, -0.15) is 0 Å². The zero-order chi connectivity index (χ0) is 15.2. The van der Waals surface area contributed by atoms with Crippen molar-refractivity contribution < 1.29 is 18.9 Å². The van der Waals surface area contributed by atoms with E-state index in [-0.39, 0.29) is 12.2 Å². The molecule has 2 fully saturated rings. The van der Waals surface area contributed by atoms with E-state index in [9.17, 15) is 0 Å². The Morgan fingerprint density at radius 1 is 0.739 bits per heavy atom. The number of rotatable bonds is 2. The first-order chi connectivity index (χ1) is 11.4. The number of hydrogen-bond acceptors (Lipinski definition) is 4. The number of benzene rings is 2. The van der Waals surface area contributed by atoms with E-state index in [1.54, 1.807) is 0 Å². The zero-order valence-electron chi connectivity index (χ0n) is 12.7. The van der Waals surface area contributed by atoms with Gasteiger partial charge in [0.25, 0.3) is 0 Å². The molecule has 0 N–H and O–H groups in total. The highest BCUT2D eigenvalue weighted by Gasteiger charge is 2.48. The molecule has 4 heteroatoms. The Kier molecular flexibility index (Phi) is 3.06. The van der Waals surface area contributed by atoms with Crippen molar-refractivity contribution in [1.29, 1.82) is 0 Å². The first-order valence-corrected chi connectivity index (χ1v) is 8.08. The zero-order valence-corrected chi connectivity index (χ0v) is 12.7. The largest absolute Gasteiger partial charge is 0.454 e. The maximum atomic E-state index is 6.48. The van der Waals surface area contributed by atoms with Crippen LogP contribution in [0.25, 0.3) is 0 Å². The van der Waals surface area contributed by atoms with E-state index >= 15 is 0 Å². The van der Waals surface area contributed by atoms with Crippen LogP contribution in [0.4, 0.5) is 0 Å². The molecule has 5 rings (SSSR count). The summed E-state index contributed by atoms with van der Waals surface area (Å²) >= 11 is 0. The summed E-state index contributed by atoms with van der Waals surface area (Å²) < 4.78 is 23.2. The van der Waals surface area contributed by atoms with E-state index in [0.717, 1.165) is 30.3 Å². The Morgan fingerprint density at radius 2 is 1.48 bits per heavy atom. The first-order valence-electron chi connectivity index (χ1n) is 8.08. The molecule has 3 heterocycles. The summed E-state index contributed by atoms with van der Waals surface area (Å²) in [6.45, 7) is 1.82. The predicted octanol–water partition coefficient (Wildman–Crippen LogP) is 3.49. The lowest BCUT2D eigenvalue weighted by atomic mass is 9.85. The average Bonchev–Trinajstić information content (AvgIpc) is 3.30. The van der Waals surface area contributed by atoms with Crippen LogP contribution in [0.1, 0.15) is 23.3 Å². The fourth-order valence-electron chi connectivity index (χ4n) is 3.96. The van der Waals surface area contributed by atoms with Crippen molar-refractivity contribution in [2.75, 3.05) is 20.0 Å². The molecule has 3 aliphatic rings. The molecule has 2 saturated heterocycles. The third kappa shape index (κ3) is 2.13. The Labute approximate surface area is 134 Å². The van der Waals surface area contributed by atoms with Crippen LogP contribution in [0.5, 0.6) is 11.5 Å². The van der Waals surface area contributed by atoms with Gasteiger partial charge < -0.3 is 18.9 Å². The molecule has 0 aliphatic carbocycles. The van der Waals surface area contributed by atoms with Crippen LogP contribution >= 0.6 is 0 Å². The van der Waals surface area contributed by atoms with E-state index < -0.39 is 0 Å². The van der Waals surface area contributed by atoms with Gasteiger partial charge in [-0.15, -0.1) is 0 Å².